The summed E-state index contributed by atoms with van der Waals surface area (Å²) in [6, 6.07) is 2.54. The van der Waals surface area contributed by atoms with Gasteiger partial charge in [0.15, 0.2) is 0 Å². The van der Waals surface area contributed by atoms with E-state index in [9.17, 15) is 17.6 Å². The summed E-state index contributed by atoms with van der Waals surface area (Å²) < 4.78 is 55.5. The van der Waals surface area contributed by atoms with Gasteiger partial charge in [0.05, 0.1) is 18.7 Å². The second-order valence-corrected chi connectivity index (χ2v) is 3.56. The van der Waals surface area contributed by atoms with Gasteiger partial charge in [0.25, 0.3) is 0 Å². The van der Waals surface area contributed by atoms with Crippen molar-refractivity contribution in [1.82, 2.24) is 5.43 Å². The number of rotatable bonds is 4. The van der Waals surface area contributed by atoms with Crippen molar-refractivity contribution in [3.8, 4) is 0 Å². The zero-order valence-electron chi connectivity index (χ0n) is 10.1. The maximum atomic E-state index is 13.1. The molecule has 0 aliphatic rings. The lowest BCUT2D eigenvalue weighted by Crippen LogP contribution is -2.32. The Morgan fingerprint density at radius 1 is 1.42 bits per heavy atom. The Labute approximate surface area is 107 Å². The van der Waals surface area contributed by atoms with Gasteiger partial charge in [-0.3, -0.25) is 4.99 Å². The van der Waals surface area contributed by atoms with E-state index in [0.29, 0.717) is 12.7 Å². The fourth-order valence-corrected chi connectivity index (χ4v) is 1.36. The lowest BCUT2D eigenvalue weighted by molar-refractivity contribution is -0.140. The molecule has 1 aromatic carbocycles. The molecule has 0 saturated carbocycles. The van der Waals surface area contributed by atoms with Crippen LogP contribution in [0, 0.1) is 5.82 Å². The second kappa shape index (κ2) is 6.48. The SMILES string of the molecule is COCCN=C(NN)c1ccc(F)c(C(F)(F)F)c1. The Morgan fingerprint density at radius 2 is 2.11 bits per heavy atom. The maximum Gasteiger partial charge on any atom is 0.419 e. The number of hydrogen-bond donors (Lipinski definition) is 2. The average Bonchev–Trinajstić information content (AvgIpc) is 2.34. The first-order valence-electron chi connectivity index (χ1n) is 5.27. The number of alkyl halides is 3. The van der Waals surface area contributed by atoms with Crippen LogP contribution in [0.1, 0.15) is 11.1 Å². The molecule has 1 rings (SSSR count). The Kier molecular flexibility index (Phi) is 5.25. The van der Waals surface area contributed by atoms with E-state index in [-0.39, 0.29) is 17.9 Å². The molecule has 3 N–H and O–H groups in total. The first kappa shape index (κ1) is 15.4. The number of aliphatic imine (C=N–C) groups is 1. The van der Waals surface area contributed by atoms with Crippen molar-refractivity contribution >= 4 is 5.84 Å². The summed E-state index contributed by atoms with van der Waals surface area (Å²) >= 11 is 0. The van der Waals surface area contributed by atoms with Crippen LogP contribution >= 0.6 is 0 Å². The van der Waals surface area contributed by atoms with E-state index in [1.807, 2.05) is 0 Å². The number of nitrogens with zero attached hydrogens (tertiary/aromatic N) is 1. The van der Waals surface area contributed by atoms with E-state index >= 15 is 0 Å². The summed E-state index contributed by atoms with van der Waals surface area (Å²) in [6.07, 6.45) is -4.77. The van der Waals surface area contributed by atoms with Crippen LogP contribution < -0.4 is 11.3 Å². The standard InChI is InChI=1S/C11H13F4N3O/c1-19-5-4-17-10(18-16)7-2-3-9(12)8(6-7)11(13,14)15/h2-3,6H,4-5,16H2,1H3,(H,17,18). The Balaban J connectivity index is 3.09. The van der Waals surface area contributed by atoms with E-state index in [1.165, 1.54) is 7.11 Å². The Bertz CT molecular complexity index is 460. The molecule has 0 aromatic heterocycles. The van der Waals surface area contributed by atoms with Crippen molar-refractivity contribution in [2.75, 3.05) is 20.3 Å². The molecular formula is C11H13F4N3O. The summed E-state index contributed by atoms with van der Waals surface area (Å²) in [6.45, 7) is 0.507. The molecule has 19 heavy (non-hydrogen) atoms. The summed E-state index contributed by atoms with van der Waals surface area (Å²) in [7, 11) is 1.46. The highest BCUT2D eigenvalue weighted by Gasteiger charge is 2.34. The molecule has 0 unspecified atom stereocenters. The van der Waals surface area contributed by atoms with Gasteiger partial charge in [-0.05, 0) is 18.2 Å². The van der Waals surface area contributed by atoms with Crippen molar-refractivity contribution in [3.63, 3.8) is 0 Å². The van der Waals surface area contributed by atoms with Crippen LogP contribution in [0.2, 0.25) is 0 Å². The lowest BCUT2D eigenvalue weighted by Gasteiger charge is -2.11. The number of halogens is 4. The normalized spacial score (nSPS) is 12.6. The van der Waals surface area contributed by atoms with Gasteiger partial charge in [-0.2, -0.15) is 13.2 Å². The molecule has 0 fully saturated rings. The third kappa shape index (κ3) is 4.18. The van der Waals surface area contributed by atoms with Crippen LogP contribution in [-0.4, -0.2) is 26.1 Å². The van der Waals surface area contributed by atoms with Gasteiger partial charge < -0.3 is 10.2 Å². The van der Waals surface area contributed by atoms with Gasteiger partial charge in [0.1, 0.15) is 11.7 Å². The van der Waals surface area contributed by atoms with Crippen LogP contribution in [0.15, 0.2) is 23.2 Å². The second-order valence-electron chi connectivity index (χ2n) is 3.56. The molecule has 106 valence electrons. The first-order chi connectivity index (χ1) is 8.90. The van der Waals surface area contributed by atoms with Crippen LogP contribution in [0.4, 0.5) is 17.6 Å². The van der Waals surface area contributed by atoms with E-state index in [4.69, 9.17) is 10.6 Å². The number of benzene rings is 1. The summed E-state index contributed by atoms with van der Waals surface area (Å²) in [4.78, 5) is 3.92. The van der Waals surface area contributed by atoms with Crippen molar-refractivity contribution in [2.24, 2.45) is 10.8 Å². The van der Waals surface area contributed by atoms with Gasteiger partial charge in [-0.1, -0.05) is 0 Å². The zero-order chi connectivity index (χ0) is 14.5. The first-order valence-corrected chi connectivity index (χ1v) is 5.27. The zero-order valence-corrected chi connectivity index (χ0v) is 10.1. The predicted molar refractivity (Wildman–Crippen MR) is 62.0 cm³/mol. The highest BCUT2D eigenvalue weighted by molar-refractivity contribution is 5.98. The molecule has 0 radical (unpaired) electrons. The maximum absolute atomic E-state index is 13.1. The molecule has 0 heterocycles. The molecule has 1 aromatic rings. The van der Waals surface area contributed by atoms with Gasteiger partial charge in [-0.25, -0.2) is 10.2 Å². The molecule has 0 saturated heterocycles. The van der Waals surface area contributed by atoms with Gasteiger partial charge >= 0.3 is 6.18 Å². The van der Waals surface area contributed by atoms with Crippen molar-refractivity contribution in [3.05, 3.63) is 35.1 Å². The van der Waals surface area contributed by atoms with E-state index in [2.05, 4.69) is 10.4 Å². The predicted octanol–water partition coefficient (Wildman–Crippen LogP) is 1.70. The van der Waals surface area contributed by atoms with Crippen molar-refractivity contribution < 1.29 is 22.3 Å². The monoisotopic (exact) mass is 279 g/mol. The van der Waals surface area contributed by atoms with E-state index in [0.717, 1.165) is 12.1 Å². The minimum atomic E-state index is -4.77. The summed E-state index contributed by atoms with van der Waals surface area (Å²) in [5.41, 5.74) is 0.867. The summed E-state index contributed by atoms with van der Waals surface area (Å²) in [5, 5.41) is 0. The van der Waals surface area contributed by atoms with Crippen LogP contribution in [-0.2, 0) is 10.9 Å². The number of ether oxygens (including phenoxy) is 1. The number of hydrogen-bond acceptors (Lipinski definition) is 3. The molecule has 0 atom stereocenters. The number of hydrazine groups is 1. The molecule has 4 nitrogen and oxygen atoms in total. The smallest absolute Gasteiger partial charge is 0.383 e. The fraction of sp³-hybridized carbons (Fsp3) is 0.364. The third-order valence-corrected chi connectivity index (χ3v) is 2.25. The molecular weight excluding hydrogens is 266 g/mol. The highest BCUT2D eigenvalue weighted by atomic mass is 19.4. The molecule has 0 aliphatic heterocycles. The topological polar surface area (TPSA) is 59.6 Å². The minimum Gasteiger partial charge on any atom is -0.383 e. The highest BCUT2D eigenvalue weighted by Crippen LogP contribution is 2.31. The third-order valence-electron chi connectivity index (χ3n) is 2.25. The van der Waals surface area contributed by atoms with Gasteiger partial charge in [0, 0.05) is 12.7 Å². The number of nitrogens with one attached hydrogen (secondary N) is 1. The largest absolute Gasteiger partial charge is 0.419 e. The Morgan fingerprint density at radius 3 is 2.63 bits per heavy atom. The minimum absolute atomic E-state index is 0.0301. The van der Waals surface area contributed by atoms with Crippen molar-refractivity contribution in [2.45, 2.75) is 6.18 Å². The molecule has 0 aliphatic carbocycles. The van der Waals surface area contributed by atoms with Crippen LogP contribution in [0.5, 0.6) is 0 Å². The van der Waals surface area contributed by atoms with Crippen LogP contribution in [0.3, 0.4) is 0 Å². The number of amidine groups is 1. The average molecular weight is 279 g/mol. The quantitative estimate of drug-likeness (QED) is 0.220. The molecule has 8 heteroatoms. The number of methoxy groups -OCH3 is 1. The fourth-order valence-electron chi connectivity index (χ4n) is 1.36. The van der Waals surface area contributed by atoms with Gasteiger partial charge in [-0.15, -0.1) is 0 Å². The van der Waals surface area contributed by atoms with E-state index < -0.39 is 17.6 Å². The van der Waals surface area contributed by atoms with Crippen LogP contribution in [0.25, 0.3) is 0 Å². The van der Waals surface area contributed by atoms with Crippen molar-refractivity contribution in [1.29, 1.82) is 0 Å². The lowest BCUT2D eigenvalue weighted by atomic mass is 10.1. The van der Waals surface area contributed by atoms with Gasteiger partial charge in [0.2, 0.25) is 0 Å². The van der Waals surface area contributed by atoms with E-state index in [1.54, 1.807) is 0 Å². The molecule has 0 spiro atoms. The summed E-state index contributed by atoms with van der Waals surface area (Å²) in [5.74, 6) is 3.87. The number of nitrogens with two attached hydrogens (primary N) is 1. The Hall–Kier alpha value is -1.67. The molecule has 0 bridgehead atoms. The molecule has 0 amide bonds.